The van der Waals surface area contributed by atoms with Gasteiger partial charge in [0.2, 0.25) is 5.91 Å². The van der Waals surface area contributed by atoms with E-state index in [1.807, 2.05) is 26.4 Å². The van der Waals surface area contributed by atoms with Gasteiger partial charge in [0.15, 0.2) is 0 Å². The molecule has 128 valence electrons. The molecule has 24 heavy (non-hydrogen) atoms. The first kappa shape index (κ1) is 15.4. The second-order valence-electron chi connectivity index (χ2n) is 7.06. The molecule has 4 rings (SSSR count). The highest BCUT2D eigenvalue weighted by Gasteiger charge is 2.52. The van der Waals surface area contributed by atoms with Crippen LogP contribution in [0.2, 0.25) is 0 Å². The highest BCUT2D eigenvalue weighted by atomic mass is 16.3. The number of hydrogen-bond donors (Lipinski definition) is 1. The molecule has 3 heterocycles. The Morgan fingerprint density at radius 3 is 2.92 bits per heavy atom. The molecule has 0 saturated heterocycles. The fraction of sp³-hybridized carbons (Fsp3) is 0.588. The first-order valence-electron chi connectivity index (χ1n) is 8.57. The number of rotatable bonds is 4. The maximum absolute atomic E-state index is 13.1. The second-order valence-corrected chi connectivity index (χ2v) is 7.06. The van der Waals surface area contributed by atoms with Gasteiger partial charge in [-0.15, -0.1) is 0 Å². The quantitative estimate of drug-likeness (QED) is 0.918. The van der Waals surface area contributed by atoms with E-state index in [0.717, 1.165) is 38.0 Å². The SMILES string of the molecule is CC(O)c1cc2n(n1)CCCN(C(=O)C1(Cn3ccnc3)CC1)C2. The molecule has 1 aliphatic heterocycles. The Bertz CT molecular complexity index is 730. The van der Waals surface area contributed by atoms with Crippen LogP contribution in [-0.4, -0.2) is 41.8 Å². The molecule has 2 aromatic heterocycles. The molecule has 1 unspecified atom stereocenters. The summed E-state index contributed by atoms with van der Waals surface area (Å²) in [5.74, 6) is 0.240. The number of hydrogen-bond acceptors (Lipinski definition) is 4. The summed E-state index contributed by atoms with van der Waals surface area (Å²) in [4.78, 5) is 19.2. The highest BCUT2D eigenvalue weighted by Crippen LogP contribution is 2.49. The average Bonchev–Trinajstić information content (AvgIpc) is 3.02. The van der Waals surface area contributed by atoms with Crippen LogP contribution in [0.3, 0.4) is 0 Å². The number of aryl methyl sites for hydroxylation is 1. The molecule has 1 saturated carbocycles. The number of nitrogens with zero attached hydrogens (tertiary/aromatic N) is 5. The number of amides is 1. The molecule has 7 nitrogen and oxygen atoms in total. The van der Waals surface area contributed by atoms with E-state index in [-0.39, 0.29) is 11.3 Å². The molecule has 0 bridgehead atoms. The molecule has 1 aliphatic carbocycles. The third-order valence-corrected chi connectivity index (χ3v) is 5.10. The number of carbonyl (C=O) groups is 1. The zero-order valence-electron chi connectivity index (χ0n) is 13.9. The lowest BCUT2D eigenvalue weighted by Gasteiger charge is -2.26. The largest absolute Gasteiger partial charge is 0.387 e. The third kappa shape index (κ3) is 2.73. The van der Waals surface area contributed by atoms with E-state index < -0.39 is 6.10 Å². The van der Waals surface area contributed by atoms with Crippen molar-refractivity contribution in [2.75, 3.05) is 6.54 Å². The molecule has 0 radical (unpaired) electrons. The van der Waals surface area contributed by atoms with Crippen molar-refractivity contribution in [3.05, 3.63) is 36.2 Å². The van der Waals surface area contributed by atoms with E-state index >= 15 is 0 Å². The Kier molecular flexibility index (Phi) is 3.68. The van der Waals surface area contributed by atoms with Crippen molar-refractivity contribution in [3.8, 4) is 0 Å². The van der Waals surface area contributed by atoms with Crippen molar-refractivity contribution < 1.29 is 9.90 Å². The Morgan fingerprint density at radius 1 is 1.42 bits per heavy atom. The highest BCUT2D eigenvalue weighted by molar-refractivity contribution is 5.85. The summed E-state index contributed by atoms with van der Waals surface area (Å²) < 4.78 is 3.93. The molecule has 1 fully saturated rings. The lowest BCUT2D eigenvalue weighted by Crippen LogP contribution is -2.38. The molecule has 2 aromatic rings. The zero-order valence-corrected chi connectivity index (χ0v) is 13.9. The lowest BCUT2D eigenvalue weighted by molar-refractivity contribution is -0.138. The van der Waals surface area contributed by atoms with Gasteiger partial charge in [-0.25, -0.2) is 4.98 Å². The van der Waals surface area contributed by atoms with Gasteiger partial charge < -0.3 is 14.6 Å². The van der Waals surface area contributed by atoms with Gasteiger partial charge >= 0.3 is 0 Å². The smallest absolute Gasteiger partial charge is 0.230 e. The molecule has 7 heteroatoms. The van der Waals surface area contributed by atoms with Crippen molar-refractivity contribution in [2.45, 2.75) is 51.9 Å². The monoisotopic (exact) mass is 329 g/mol. The Labute approximate surface area is 140 Å². The number of fused-ring (bicyclic) bond motifs is 1. The number of aliphatic hydroxyl groups is 1. The van der Waals surface area contributed by atoms with Crippen LogP contribution in [0.4, 0.5) is 0 Å². The minimum atomic E-state index is -0.579. The normalized spacial score (nSPS) is 20.3. The van der Waals surface area contributed by atoms with Crippen LogP contribution in [0.15, 0.2) is 24.8 Å². The van der Waals surface area contributed by atoms with Crippen molar-refractivity contribution in [2.24, 2.45) is 5.41 Å². The fourth-order valence-electron chi connectivity index (χ4n) is 3.52. The van der Waals surface area contributed by atoms with Crippen LogP contribution >= 0.6 is 0 Å². The number of aromatic nitrogens is 4. The van der Waals surface area contributed by atoms with E-state index in [4.69, 9.17) is 0 Å². The second kappa shape index (κ2) is 5.73. The van der Waals surface area contributed by atoms with Crippen molar-refractivity contribution in [3.63, 3.8) is 0 Å². The van der Waals surface area contributed by atoms with Gasteiger partial charge in [-0.1, -0.05) is 0 Å². The lowest BCUT2D eigenvalue weighted by atomic mass is 10.0. The van der Waals surface area contributed by atoms with E-state index in [0.29, 0.717) is 18.8 Å². The van der Waals surface area contributed by atoms with E-state index in [1.54, 1.807) is 19.4 Å². The van der Waals surface area contributed by atoms with Crippen LogP contribution in [0.5, 0.6) is 0 Å². The minimum Gasteiger partial charge on any atom is -0.387 e. The first-order valence-corrected chi connectivity index (χ1v) is 8.57. The summed E-state index contributed by atoms with van der Waals surface area (Å²) in [7, 11) is 0. The van der Waals surface area contributed by atoms with Crippen LogP contribution in [-0.2, 0) is 24.4 Å². The van der Waals surface area contributed by atoms with E-state index in [1.165, 1.54) is 0 Å². The predicted octanol–water partition coefficient (Wildman–Crippen LogP) is 1.35. The molecule has 0 spiro atoms. The molecular formula is C17H23N5O2. The fourth-order valence-corrected chi connectivity index (χ4v) is 3.52. The van der Waals surface area contributed by atoms with Gasteiger partial charge in [-0.3, -0.25) is 9.48 Å². The Morgan fingerprint density at radius 2 is 2.25 bits per heavy atom. The zero-order chi connectivity index (χ0) is 16.7. The third-order valence-electron chi connectivity index (χ3n) is 5.10. The maximum atomic E-state index is 13.1. The topological polar surface area (TPSA) is 76.2 Å². The van der Waals surface area contributed by atoms with Crippen LogP contribution in [0.1, 0.15) is 43.7 Å². The maximum Gasteiger partial charge on any atom is 0.230 e. The summed E-state index contributed by atoms with van der Waals surface area (Å²) >= 11 is 0. The van der Waals surface area contributed by atoms with Crippen LogP contribution in [0.25, 0.3) is 0 Å². The average molecular weight is 329 g/mol. The molecule has 1 atom stereocenters. The van der Waals surface area contributed by atoms with Gasteiger partial charge in [-0.2, -0.15) is 5.10 Å². The van der Waals surface area contributed by atoms with Crippen molar-refractivity contribution >= 4 is 5.91 Å². The number of carbonyl (C=O) groups excluding carboxylic acids is 1. The number of aliphatic hydroxyl groups excluding tert-OH is 1. The van der Waals surface area contributed by atoms with Gasteiger partial charge in [0, 0.05) is 32.0 Å². The summed E-state index contributed by atoms with van der Waals surface area (Å²) in [5, 5.41) is 14.2. The van der Waals surface area contributed by atoms with Gasteiger partial charge in [0.1, 0.15) is 0 Å². The Hall–Kier alpha value is -2.15. The molecule has 2 aliphatic rings. The predicted molar refractivity (Wildman–Crippen MR) is 86.8 cm³/mol. The summed E-state index contributed by atoms with van der Waals surface area (Å²) in [6.45, 7) is 4.55. The Balaban J connectivity index is 1.52. The van der Waals surface area contributed by atoms with Gasteiger partial charge in [0.25, 0.3) is 0 Å². The summed E-state index contributed by atoms with van der Waals surface area (Å²) in [6, 6.07) is 1.92. The van der Waals surface area contributed by atoms with Crippen molar-refractivity contribution in [1.29, 1.82) is 0 Å². The summed E-state index contributed by atoms with van der Waals surface area (Å²) in [5.41, 5.74) is 1.43. The molecule has 0 aromatic carbocycles. The van der Waals surface area contributed by atoms with E-state index in [2.05, 4.69) is 10.1 Å². The number of imidazole rings is 1. The molecule has 1 amide bonds. The van der Waals surface area contributed by atoms with E-state index in [9.17, 15) is 9.90 Å². The van der Waals surface area contributed by atoms with Gasteiger partial charge in [0.05, 0.1) is 35.8 Å². The van der Waals surface area contributed by atoms with Crippen molar-refractivity contribution in [1.82, 2.24) is 24.2 Å². The first-order chi connectivity index (χ1) is 11.6. The molecule has 1 N–H and O–H groups in total. The standard InChI is InChI=1S/C17H23N5O2/c1-13(23)15-9-14-10-21(6-2-7-22(14)19-15)16(24)17(3-4-17)11-20-8-5-18-12-20/h5,8-9,12-13,23H,2-4,6-7,10-11H2,1H3. The van der Waals surface area contributed by atoms with Crippen LogP contribution < -0.4 is 0 Å². The molecular weight excluding hydrogens is 306 g/mol. The van der Waals surface area contributed by atoms with Crippen LogP contribution in [0, 0.1) is 5.41 Å². The summed E-state index contributed by atoms with van der Waals surface area (Å²) in [6.07, 6.45) is 7.64. The minimum absolute atomic E-state index is 0.240. The van der Waals surface area contributed by atoms with Gasteiger partial charge in [-0.05, 0) is 32.3 Å².